The highest BCUT2D eigenvalue weighted by Crippen LogP contribution is 2.26. The fraction of sp³-hybridized carbons (Fsp3) is 0.615. The Kier molecular flexibility index (Phi) is 4.14. The number of rotatable bonds is 3. The molecule has 2 N–H and O–H groups in total. The van der Waals surface area contributed by atoms with Gasteiger partial charge >= 0.3 is 0 Å². The summed E-state index contributed by atoms with van der Waals surface area (Å²) in [5.41, 5.74) is 6.02. The van der Waals surface area contributed by atoms with E-state index in [0.29, 0.717) is 23.8 Å². The molecular weight excluding hydrogens is 233 g/mol. The number of ether oxygens (including phenoxy) is 1. The normalized spacial score (nSPS) is 24.3. The molecule has 0 radical (unpaired) electrons. The molecule has 2 unspecified atom stereocenters. The molecule has 4 nitrogen and oxygen atoms in total. The number of hydrogen-bond donors (Lipinski definition) is 1. The molecule has 1 aromatic heterocycles. The summed E-state index contributed by atoms with van der Waals surface area (Å²) in [5.74, 6) is 0.586. The number of nitrogens with two attached hydrogens (primary N) is 1. The van der Waals surface area contributed by atoms with Crippen LogP contribution in [0.3, 0.4) is 0 Å². The monoisotopic (exact) mass is 253 g/mol. The number of hydrogen-bond acceptors (Lipinski definition) is 4. The molecule has 100 valence electrons. The maximum atomic E-state index is 14.2. The number of methoxy groups -OCH3 is 1. The Labute approximate surface area is 107 Å². The number of halogens is 1. The zero-order valence-corrected chi connectivity index (χ0v) is 10.9. The van der Waals surface area contributed by atoms with Gasteiger partial charge in [0, 0.05) is 38.5 Å². The van der Waals surface area contributed by atoms with Gasteiger partial charge in [0.15, 0.2) is 11.6 Å². The molecule has 0 aromatic carbocycles. The topological polar surface area (TPSA) is 51.4 Å². The van der Waals surface area contributed by atoms with Crippen LogP contribution >= 0.6 is 0 Å². The minimum Gasteiger partial charge on any atom is -0.379 e. The fourth-order valence-electron chi connectivity index (χ4n) is 2.38. The van der Waals surface area contributed by atoms with E-state index in [9.17, 15) is 4.39 Å². The van der Waals surface area contributed by atoms with Crippen LogP contribution < -0.4 is 10.6 Å². The molecule has 1 aliphatic rings. The average molecular weight is 253 g/mol. The molecule has 1 aromatic rings. The molecule has 1 aliphatic heterocycles. The van der Waals surface area contributed by atoms with Crippen molar-refractivity contribution in [2.75, 3.05) is 25.1 Å². The van der Waals surface area contributed by atoms with Gasteiger partial charge in [0.05, 0.1) is 6.10 Å². The smallest absolute Gasteiger partial charge is 0.170 e. The van der Waals surface area contributed by atoms with Crippen molar-refractivity contribution in [2.45, 2.75) is 26.0 Å². The minimum absolute atomic E-state index is 0.126. The molecule has 2 heterocycles. The zero-order valence-electron chi connectivity index (χ0n) is 10.9. The van der Waals surface area contributed by atoms with Gasteiger partial charge in [0.1, 0.15) is 0 Å². The highest BCUT2D eigenvalue weighted by Gasteiger charge is 2.28. The van der Waals surface area contributed by atoms with Crippen molar-refractivity contribution in [1.82, 2.24) is 4.98 Å². The van der Waals surface area contributed by atoms with Crippen LogP contribution in [0.2, 0.25) is 0 Å². The van der Waals surface area contributed by atoms with Gasteiger partial charge in [-0.15, -0.1) is 0 Å². The quantitative estimate of drug-likeness (QED) is 0.887. The Hall–Kier alpha value is -1.20. The van der Waals surface area contributed by atoms with Crippen molar-refractivity contribution in [3.8, 4) is 0 Å². The predicted molar refractivity (Wildman–Crippen MR) is 68.9 cm³/mol. The fourth-order valence-corrected chi connectivity index (χ4v) is 2.38. The Morgan fingerprint density at radius 3 is 3.06 bits per heavy atom. The van der Waals surface area contributed by atoms with Crippen LogP contribution in [-0.4, -0.2) is 31.3 Å². The molecule has 0 aliphatic carbocycles. The summed E-state index contributed by atoms with van der Waals surface area (Å²) in [7, 11) is 1.70. The predicted octanol–water partition coefficient (Wildman–Crippen LogP) is 1.54. The maximum absolute atomic E-state index is 14.2. The van der Waals surface area contributed by atoms with Crippen LogP contribution in [0, 0.1) is 11.7 Å². The van der Waals surface area contributed by atoms with Crippen LogP contribution in [0.5, 0.6) is 0 Å². The van der Waals surface area contributed by atoms with Gasteiger partial charge in [-0.25, -0.2) is 9.37 Å². The Morgan fingerprint density at radius 1 is 1.61 bits per heavy atom. The van der Waals surface area contributed by atoms with Crippen LogP contribution in [-0.2, 0) is 11.3 Å². The van der Waals surface area contributed by atoms with E-state index in [-0.39, 0.29) is 18.5 Å². The first-order valence-corrected chi connectivity index (χ1v) is 6.28. The first kappa shape index (κ1) is 13.2. The van der Waals surface area contributed by atoms with Crippen LogP contribution in [0.1, 0.15) is 18.9 Å². The number of piperidine rings is 1. The van der Waals surface area contributed by atoms with E-state index < -0.39 is 0 Å². The van der Waals surface area contributed by atoms with Gasteiger partial charge in [0.2, 0.25) is 0 Å². The molecule has 2 atom stereocenters. The van der Waals surface area contributed by atoms with Crippen molar-refractivity contribution >= 4 is 5.82 Å². The van der Waals surface area contributed by atoms with Gasteiger partial charge in [0.25, 0.3) is 0 Å². The van der Waals surface area contributed by atoms with Crippen molar-refractivity contribution < 1.29 is 9.13 Å². The second-order valence-electron chi connectivity index (χ2n) is 4.80. The SMILES string of the molecule is COC1CN(c2nccc(CN)c2F)CCC1C. The lowest BCUT2D eigenvalue weighted by Crippen LogP contribution is -2.44. The lowest BCUT2D eigenvalue weighted by molar-refractivity contribution is 0.0494. The average Bonchev–Trinajstić information content (AvgIpc) is 2.40. The molecule has 0 spiro atoms. The summed E-state index contributed by atoms with van der Waals surface area (Å²) < 4.78 is 19.6. The summed E-state index contributed by atoms with van der Waals surface area (Å²) >= 11 is 0. The van der Waals surface area contributed by atoms with E-state index in [1.165, 1.54) is 0 Å². The number of anilines is 1. The van der Waals surface area contributed by atoms with E-state index in [1.54, 1.807) is 19.4 Å². The third-order valence-corrected chi connectivity index (χ3v) is 3.66. The second kappa shape index (κ2) is 5.63. The molecule has 2 rings (SSSR count). The van der Waals surface area contributed by atoms with E-state index in [0.717, 1.165) is 13.0 Å². The summed E-state index contributed by atoms with van der Waals surface area (Å²) in [6, 6.07) is 1.62. The third kappa shape index (κ3) is 2.47. The summed E-state index contributed by atoms with van der Waals surface area (Å²) in [6.45, 7) is 3.83. The molecular formula is C13H20FN3O. The molecule has 1 fully saturated rings. The zero-order chi connectivity index (χ0) is 13.1. The Bertz CT molecular complexity index is 413. The first-order valence-electron chi connectivity index (χ1n) is 6.28. The number of aromatic nitrogens is 1. The molecule has 1 saturated heterocycles. The summed E-state index contributed by atoms with van der Waals surface area (Å²) in [5, 5.41) is 0. The van der Waals surface area contributed by atoms with Crippen LogP contribution in [0.4, 0.5) is 10.2 Å². The lowest BCUT2D eigenvalue weighted by atomic mass is 9.96. The molecule has 18 heavy (non-hydrogen) atoms. The molecule has 0 bridgehead atoms. The first-order chi connectivity index (χ1) is 8.67. The second-order valence-corrected chi connectivity index (χ2v) is 4.80. The Morgan fingerprint density at radius 2 is 2.39 bits per heavy atom. The lowest BCUT2D eigenvalue weighted by Gasteiger charge is -2.37. The van der Waals surface area contributed by atoms with Crippen molar-refractivity contribution in [1.29, 1.82) is 0 Å². The highest BCUT2D eigenvalue weighted by atomic mass is 19.1. The van der Waals surface area contributed by atoms with E-state index >= 15 is 0 Å². The number of pyridine rings is 1. The van der Waals surface area contributed by atoms with Crippen molar-refractivity contribution in [3.63, 3.8) is 0 Å². The van der Waals surface area contributed by atoms with Crippen molar-refractivity contribution in [3.05, 3.63) is 23.6 Å². The minimum atomic E-state index is -0.301. The standard InChI is InChI=1S/C13H20FN3O/c1-9-4-6-17(8-11(9)18-2)13-12(14)10(7-15)3-5-16-13/h3,5,9,11H,4,6-8,15H2,1-2H3. The largest absolute Gasteiger partial charge is 0.379 e. The summed E-state index contributed by atoms with van der Waals surface area (Å²) in [4.78, 5) is 6.09. The van der Waals surface area contributed by atoms with Gasteiger partial charge in [-0.2, -0.15) is 0 Å². The summed E-state index contributed by atoms with van der Waals surface area (Å²) in [6.07, 6.45) is 2.72. The van der Waals surface area contributed by atoms with Crippen LogP contribution in [0.15, 0.2) is 12.3 Å². The molecule has 0 amide bonds. The highest BCUT2D eigenvalue weighted by molar-refractivity contribution is 5.43. The van der Waals surface area contributed by atoms with Gasteiger partial charge in [-0.05, 0) is 18.4 Å². The van der Waals surface area contributed by atoms with E-state index in [1.807, 2.05) is 4.90 Å². The van der Waals surface area contributed by atoms with Gasteiger partial charge in [-0.3, -0.25) is 0 Å². The third-order valence-electron chi connectivity index (χ3n) is 3.66. The molecule has 0 saturated carbocycles. The van der Waals surface area contributed by atoms with E-state index in [2.05, 4.69) is 11.9 Å². The number of nitrogens with zero attached hydrogens (tertiary/aromatic N) is 2. The van der Waals surface area contributed by atoms with E-state index in [4.69, 9.17) is 10.5 Å². The Balaban J connectivity index is 2.21. The maximum Gasteiger partial charge on any atom is 0.170 e. The van der Waals surface area contributed by atoms with Gasteiger partial charge < -0.3 is 15.4 Å². The van der Waals surface area contributed by atoms with Gasteiger partial charge in [-0.1, -0.05) is 6.92 Å². The molecule has 5 heteroatoms. The van der Waals surface area contributed by atoms with Crippen molar-refractivity contribution in [2.24, 2.45) is 11.7 Å². The van der Waals surface area contributed by atoms with Crippen LogP contribution in [0.25, 0.3) is 0 Å².